The summed E-state index contributed by atoms with van der Waals surface area (Å²) >= 11 is 0. The number of aliphatic hydroxyl groups is 1. The lowest BCUT2D eigenvalue weighted by molar-refractivity contribution is -0.136. The van der Waals surface area contributed by atoms with Crippen LogP contribution in [0.25, 0.3) is 0 Å². The zero-order valence-electron chi connectivity index (χ0n) is 13.2. The summed E-state index contributed by atoms with van der Waals surface area (Å²) in [6, 6.07) is 5.65. The standard InChI is InChI=1S/C17H24N2O3/c1-11-7-12(2)9-14(8-11)19-17(22)16(21)18-10-13-5-3-4-6-15(13)20/h7-9,13,15,20H,3-6,10H2,1-2H3,(H,18,21)(H,19,22)/t13-,15-/m0/s1. The first-order chi connectivity index (χ1) is 10.5. The highest BCUT2D eigenvalue weighted by atomic mass is 16.3. The maximum absolute atomic E-state index is 11.9. The molecule has 22 heavy (non-hydrogen) atoms. The SMILES string of the molecule is Cc1cc(C)cc(NC(=O)C(=O)NC[C@@H]2CCCC[C@@H]2O)c1. The number of hydrogen-bond acceptors (Lipinski definition) is 3. The average molecular weight is 304 g/mol. The molecule has 0 radical (unpaired) electrons. The molecule has 0 saturated heterocycles. The summed E-state index contributed by atoms with van der Waals surface area (Å²) in [4.78, 5) is 23.8. The number of carbonyl (C=O) groups excluding carboxylic acids is 2. The van der Waals surface area contributed by atoms with Crippen LogP contribution in [0, 0.1) is 19.8 Å². The van der Waals surface area contributed by atoms with E-state index >= 15 is 0 Å². The molecular weight excluding hydrogens is 280 g/mol. The summed E-state index contributed by atoms with van der Waals surface area (Å²) in [7, 11) is 0. The summed E-state index contributed by atoms with van der Waals surface area (Å²) in [5.74, 6) is -1.28. The third-order valence-corrected chi connectivity index (χ3v) is 4.08. The molecule has 5 heteroatoms. The van der Waals surface area contributed by atoms with Gasteiger partial charge in [-0.05, 0) is 49.9 Å². The first-order valence-corrected chi connectivity index (χ1v) is 7.81. The van der Waals surface area contributed by atoms with Crippen molar-refractivity contribution in [3.8, 4) is 0 Å². The van der Waals surface area contributed by atoms with E-state index in [4.69, 9.17) is 0 Å². The Kier molecular flexibility index (Phi) is 5.55. The van der Waals surface area contributed by atoms with E-state index < -0.39 is 11.8 Å². The normalized spacial score (nSPS) is 21.2. The number of carbonyl (C=O) groups is 2. The number of amides is 2. The predicted molar refractivity (Wildman–Crippen MR) is 85.5 cm³/mol. The van der Waals surface area contributed by atoms with Crippen LogP contribution in [0.2, 0.25) is 0 Å². The summed E-state index contributed by atoms with van der Waals surface area (Å²) in [6.07, 6.45) is 3.37. The molecule has 1 aliphatic rings. The van der Waals surface area contributed by atoms with Crippen LogP contribution in [0.1, 0.15) is 36.8 Å². The van der Waals surface area contributed by atoms with Crippen molar-refractivity contribution in [1.29, 1.82) is 0 Å². The van der Waals surface area contributed by atoms with Gasteiger partial charge in [-0.25, -0.2) is 0 Å². The summed E-state index contributed by atoms with van der Waals surface area (Å²) in [5.41, 5.74) is 2.68. The first-order valence-electron chi connectivity index (χ1n) is 7.81. The van der Waals surface area contributed by atoms with Gasteiger partial charge in [0.1, 0.15) is 0 Å². The minimum atomic E-state index is -0.671. The van der Waals surface area contributed by atoms with Gasteiger partial charge in [0.2, 0.25) is 0 Å². The second-order valence-electron chi connectivity index (χ2n) is 6.15. The Hall–Kier alpha value is -1.88. The molecule has 0 bridgehead atoms. The van der Waals surface area contributed by atoms with Gasteiger partial charge in [-0.1, -0.05) is 18.9 Å². The smallest absolute Gasteiger partial charge is 0.313 e. The topological polar surface area (TPSA) is 78.4 Å². The Morgan fingerprint density at radius 1 is 1.09 bits per heavy atom. The van der Waals surface area contributed by atoms with Gasteiger partial charge in [0.15, 0.2) is 0 Å². The highest BCUT2D eigenvalue weighted by molar-refractivity contribution is 6.39. The lowest BCUT2D eigenvalue weighted by atomic mass is 9.86. The molecule has 2 rings (SSSR count). The maximum Gasteiger partial charge on any atom is 0.313 e. The number of rotatable bonds is 3. The first kappa shape index (κ1) is 16.5. The van der Waals surface area contributed by atoms with Gasteiger partial charge in [0.05, 0.1) is 6.10 Å². The number of aliphatic hydroxyl groups excluding tert-OH is 1. The summed E-state index contributed by atoms with van der Waals surface area (Å²) < 4.78 is 0. The third kappa shape index (κ3) is 4.56. The molecule has 2 atom stereocenters. The molecule has 1 aliphatic carbocycles. The van der Waals surface area contributed by atoms with Gasteiger partial charge in [-0.15, -0.1) is 0 Å². The van der Waals surface area contributed by atoms with E-state index in [0.29, 0.717) is 12.2 Å². The summed E-state index contributed by atoms with van der Waals surface area (Å²) in [5, 5.41) is 15.1. The van der Waals surface area contributed by atoms with E-state index in [0.717, 1.165) is 36.8 Å². The molecule has 3 N–H and O–H groups in total. The highest BCUT2D eigenvalue weighted by Crippen LogP contribution is 2.23. The van der Waals surface area contributed by atoms with Crippen molar-refractivity contribution in [3.05, 3.63) is 29.3 Å². The molecule has 0 spiro atoms. The summed E-state index contributed by atoms with van der Waals surface area (Å²) in [6.45, 7) is 4.22. The van der Waals surface area contributed by atoms with E-state index in [1.165, 1.54) is 0 Å². The molecule has 0 heterocycles. The monoisotopic (exact) mass is 304 g/mol. The fourth-order valence-corrected chi connectivity index (χ4v) is 2.96. The third-order valence-electron chi connectivity index (χ3n) is 4.08. The van der Waals surface area contributed by atoms with E-state index in [9.17, 15) is 14.7 Å². The molecule has 1 saturated carbocycles. The van der Waals surface area contributed by atoms with Crippen molar-refractivity contribution in [3.63, 3.8) is 0 Å². The molecule has 0 aromatic heterocycles. The maximum atomic E-state index is 11.9. The van der Waals surface area contributed by atoms with Crippen molar-refractivity contribution in [1.82, 2.24) is 5.32 Å². The minimum absolute atomic E-state index is 0.0479. The zero-order valence-corrected chi connectivity index (χ0v) is 13.2. The molecule has 5 nitrogen and oxygen atoms in total. The van der Waals surface area contributed by atoms with E-state index in [2.05, 4.69) is 10.6 Å². The lowest BCUT2D eigenvalue weighted by Gasteiger charge is -2.27. The van der Waals surface area contributed by atoms with Gasteiger partial charge in [-0.3, -0.25) is 9.59 Å². The number of aryl methyl sites for hydroxylation is 2. The van der Waals surface area contributed by atoms with Crippen molar-refractivity contribution < 1.29 is 14.7 Å². The van der Waals surface area contributed by atoms with Gasteiger partial charge < -0.3 is 15.7 Å². The number of nitrogens with one attached hydrogen (secondary N) is 2. The second-order valence-corrected chi connectivity index (χ2v) is 6.15. The van der Waals surface area contributed by atoms with E-state index in [-0.39, 0.29) is 12.0 Å². The van der Waals surface area contributed by atoms with Crippen molar-refractivity contribution in [2.45, 2.75) is 45.6 Å². The fourth-order valence-electron chi connectivity index (χ4n) is 2.96. The van der Waals surface area contributed by atoms with Crippen molar-refractivity contribution in [2.75, 3.05) is 11.9 Å². The van der Waals surface area contributed by atoms with Gasteiger partial charge in [-0.2, -0.15) is 0 Å². The average Bonchev–Trinajstić information content (AvgIpc) is 2.45. The molecule has 1 fully saturated rings. The Morgan fingerprint density at radius 3 is 2.36 bits per heavy atom. The zero-order chi connectivity index (χ0) is 16.1. The number of anilines is 1. The fraction of sp³-hybridized carbons (Fsp3) is 0.529. The van der Waals surface area contributed by atoms with Crippen LogP contribution in [0.15, 0.2) is 18.2 Å². The predicted octanol–water partition coefficient (Wildman–Crippen LogP) is 1.91. The van der Waals surface area contributed by atoms with Crippen LogP contribution in [-0.2, 0) is 9.59 Å². The van der Waals surface area contributed by atoms with Gasteiger partial charge in [0, 0.05) is 18.2 Å². The Morgan fingerprint density at radius 2 is 1.73 bits per heavy atom. The van der Waals surface area contributed by atoms with Crippen LogP contribution >= 0.6 is 0 Å². The molecular formula is C17H24N2O3. The minimum Gasteiger partial charge on any atom is -0.393 e. The van der Waals surface area contributed by atoms with E-state index in [1.54, 1.807) is 0 Å². The molecule has 1 aromatic rings. The lowest BCUT2D eigenvalue weighted by Crippen LogP contribution is -2.41. The highest BCUT2D eigenvalue weighted by Gasteiger charge is 2.24. The quantitative estimate of drug-likeness (QED) is 0.746. The van der Waals surface area contributed by atoms with Gasteiger partial charge in [0.25, 0.3) is 0 Å². The number of benzene rings is 1. The molecule has 0 aliphatic heterocycles. The molecule has 1 aromatic carbocycles. The molecule has 2 amide bonds. The van der Waals surface area contributed by atoms with Crippen LogP contribution in [-0.4, -0.2) is 29.6 Å². The second kappa shape index (κ2) is 7.40. The Balaban J connectivity index is 1.85. The van der Waals surface area contributed by atoms with Crippen LogP contribution in [0.4, 0.5) is 5.69 Å². The largest absolute Gasteiger partial charge is 0.393 e. The van der Waals surface area contributed by atoms with Crippen LogP contribution < -0.4 is 10.6 Å². The van der Waals surface area contributed by atoms with Gasteiger partial charge >= 0.3 is 11.8 Å². The van der Waals surface area contributed by atoms with Crippen molar-refractivity contribution >= 4 is 17.5 Å². The molecule has 120 valence electrons. The number of hydrogen-bond donors (Lipinski definition) is 3. The Labute approximate surface area is 131 Å². The van der Waals surface area contributed by atoms with Crippen LogP contribution in [0.5, 0.6) is 0 Å². The molecule has 0 unspecified atom stereocenters. The van der Waals surface area contributed by atoms with E-state index in [1.807, 2.05) is 32.0 Å². The Bertz CT molecular complexity index is 537. The van der Waals surface area contributed by atoms with Crippen molar-refractivity contribution in [2.24, 2.45) is 5.92 Å². The van der Waals surface area contributed by atoms with Crippen LogP contribution in [0.3, 0.4) is 0 Å².